The van der Waals surface area contributed by atoms with E-state index in [-0.39, 0.29) is 11.9 Å². The first-order valence-electron chi connectivity index (χ1n) is 7.77. The number of thioether (sulfide) groups is 1. The highest BCUT2D eigenvalue weighted by Crippen LogP contribution is 2.26. The van der Waals surface area contributed by atoms with Crippen molar-refractivity contribution < 1.29 is 14.3 Å². The molecule has 0 radical (unpaired) electrons. The average molecular weight is 384 g/mol. The number of amides is 1. The van der Waals surface area contributed by atoms with E-state index < -0.39 is 0 Å². The average Bonchev–Trinajstić information content (AvgIpc) is 3.15. The zero-order chi connectivity index (χ0) is 18.4. The number of nitrogens with zero attached hydrogens (tertiary/aromatic N) is 1. The summed E-state index contributed by atoms with van der Waals surface area (Å²) in [5, 5.41) is 5.23. The molecule has 0 spiro atoms. The summed E-state index contributed by atoms with van der Waals surface area (Å²) >= 11 is 2.84. The van der Waals surface area contributed by atoms with Crippen molar-refractivity contribution >= 4 is 40.1 Å². The van der Waals surface area contributed by atoms with E-state index in [1.807, 2.05) is 35.7 Å². The summed E-state index contributed by atoms with van der Waals surface area (Å²) in [5.41, 5.74) is 2.10. The van der Waals surface area contributed by atoms with Gasteiger partial charge < -0.3 is 10.1 Å². The summed E-state index contributed by atoms with van der Waals surface area (Å²) in [5.74, 6) is -0.147. The predicted molar refractivity (Wildman–Crippen MR) is 105 cm³/mol. The Morgan fingerprint density at radius 2 is 1.85 bits per heavy atom. The van der Waals surface area contributed by atoms with Crippen LogP contribution in [0.25, 0.3) is 11.3 Å². The molecule has 0 unspecified atom stereocenters. The molecule has 1 heterocycles. The molecule has 0 saturated heterocycles. The summed E-state index contributed by atoms with van der Waals surface area (Å²) in [6, 6.07) is 16.8. The van der Waals surface area contributed by atoms with Gasteiger partial charge in [-0.25, -0.2) is 9.78 Å². The van der Waals surface area contributed by atoms with Crippen LogP contribution in [0, 0.1) is 0 Å². The van der Waals surface area contributed by atoms with Crippen molar-refractivity contribution in [1.29, 1.82) is 0 Å². The van der Waals surface area contributed by atoms with Crippen LogP contribution in [0.3, 0.4) is 0 Å². The van der Waals surface area contributed by atoms with Crippen LogP contribution >= 0.6 is 23.1 Å². The maximum atomic E-state index is 12.1. The number of methoxy groups -OCH3 is 1. The number of benzene rings is 2. The number of carbonyl (C=O) groups is 2. The molecular weight excluding hydrogens is 368 g/mol. The van der Waals surface area contributed by atoms with Gasteiger partial charge in [-0.05, 0) is 24.3 Å². The number of anilines is 1. The molecule has 0 aliphatic heterocycles. The Morgan fingerprint density at radius 1 is 1.12 bits per heavy atom. The second-order valence-corrected chi connectivity index (χ2v) is 7.16. The van der Waals surface area contributed by atoms with E-state index in [2.05, 4.69) is 15.0 Å². The van der Waals surface area contributed by atoms with Crippen molar-refractivity contribution in [2.45, 2.75) is 4.90 Å². The van der Waals surface area contributed by atoms with Gasteiger partial charge >= 0.3 is 5.97 Å². The number of rotatable bonds is 6. The Hall–Kier alpha value is -2.64. The Kier molecular flexibility index (Phi) is 6.04. The minimum Gasteiger partial charge on any atom is -0.465 e. The lowest BCUT2D eigenvalue weighted by Crippen LogP contribution is -2.13. The van der Waals surface area contributed by atoms with Crippen molar-refractivity contribution in [1.82, 2.24) is 4.98 Å². The molecular formula is C19H16N2O3S2. The zero-order valence-corrected chi connectivity index (χ0v) is 15.6. The molecule has 2 aromatic carbocycles. The molecule has 26 heavy (non-hydrogen) atoms. The molecule has 3 rings (SSSR count). The van der Waals surface area contributed by atoms with E-state index in [0.717, 1.165) is 16.2 Å². The van der Waals surface area contributed by atoms with Gasteiger partial charge in [0.25, 0.3) is 0 Å². The first kappa shape index (κ1) is 18.2. The monoisotopic (exact) mass is 384 g/mol. The number of nitrogens with one attached hydrogen (secondary N) is 1. The van der Waals surface area contributed by atoms with Crippen LogP contribution in [0.5, 0.6) is 0 Å². The van der Waals surface area contributed by atoms with Crippen molar-refractivity contribution in [2.75, 3.05) is 18.2 Å². The van der Waals surface area contributed by atoms with E-state index in [1.165, 1.54) is 30.2 Å². The highest BCUT2D eigenvalue weighted by Gasteiger charge is 2.10. The molecule has 1 N–H and O–H groups in total. The van der Waals surface area contributed by atoms with Crippen LogP contribution in [-0.2, 0) is 9.53 Å². The molecule has 7 heteroatoms. The molecule has 3 aromatic rings. The van der Waals surface area contributed by atoms with E-state index in [1.54, 1.807) is 24.3 Å². The highest BCUT2D eigenvalue weighted by atomic mass is 32.2. The number of aromatic nitrogens is 1. The third kappa shape index (κ3) is 4.71. The van der Waals surface area contributed by atoms with Gasteiger partial charge in [0.05, 0.1) is 24.1 Å². The Balaban J connectivity index is 1.59. The van der Waals surface area contributed by atoms with Crippen molar-refractivity contribution in [2.24, 2.45) is 0 Å². The highest BCUT2D eigenvalue weighted by molar-refractivity contribution is 8.00. The topological polar surface area (TPSA) is 68.3 Å². The number of ether oxygens (including phenoxy) is 1. The fourth-order valence-electron chi connectivity index (χ4n) is 2.18. The quantitative estimate of drug-likeness (QED) is 0.506. The fourth-order valence-corrected chi connectivity index (χ4v) is 3.63. The van der Waals surface area contributed by atoms with Crippen molar-refractivity contribution in [3.63, 3.8) is 0 Å². The van der Waals surface area contributed by atoms with Gasteiger partial charge in [-0.1, -0.05) is 30.3 Å². The third-order valence-corrected chi connectivity index (χ3v) is 5.24. The van der Waals surface area contributed by atoms with E-state index in [4.69, 9.17) is 0 Å². The second-order valence-electron chi connectivity index (χ2n) is 5.26. The number of hydrogen-bond donors (Lipinski definition) is 1. The van der Waals surface area contributed by atoms with Crippen molar-refractivity contribution in [3.8, 4) is 11.3 Å². The number of thiazole rings is 1. The van der Waals surface area contributed by atoms with Gasteiger partial charge in [0, 0.05) is 15.8 Å². The molecule has 0 fully saturated rings. The summed E-state index contributed by atoms with van der Waals surface area (Å²) in [4.78, 5) is 29.0. The molecule has 0 aliphatic carbocycles. The molecule has 0 saturated carbocycles. The van der Waals surface area contributed by atoms with Crippen LogP contribution in [0.4, 0.5) is 5.13 Å². The predicted octanol–water partition coefficient (Wildman–Crippen LogP) is 4.33. The second kappa shape index (κ2) is 8.64. The maximum absolute atomic E-state index is 12.1. The Morgan fingerprint density at radius 3 is 2.54 bits per heavy atom. The first-order valence-corrected chi connectivity index (χ1v) is 9.64. The zero-order valence-electron chi connectivity index (χ0n) is 14.0. The van der Waals surface area contributed by atoms with Gasteiger partial charge in [0.2, 0.25) is 5.91 Å². The Bertz CT molecular complexity index is 893. The van der Waals surface area contributed by atoms with Crippen LogP contribution in [0.1, 0.15) is 10.4 Å². The normalized spacial score (nSPS) is 10.3. The van der Waals surface area contributed by atoms with Gasteiger partial charge in [-0.3, -0.25) is 4.79 Å². The summed E-state index contributed by atoms with van der Waals surface area (Å²) in [7, 11) is 1.35. The van der Waals surface area contributed by atoms with Gasteiger partial charge in [0.15, 0.2) is 5.13 Å². The van der Waals surface area contributed by atoms with E-state index >= 15 is 0 Å². The van der Waals surface area contributed by atoms with Gasteiger partial charge in [-0.15, -0.1) is 23.1 Å². The standard InChI is InChI=1S/C19H16N2O3S2/c1-24-18(23)14-9-7-13(8-10-14)16-11-26-19(20-16)21-17(22)12-25-15-5-3-2-4-6-15/h2-11H,12H2,1H3,(H,20,21,22). The molecule has 5 nitrogen and oxygen atoms in total. The molecule has 0 atom stereocenters. The molecule has 0 bridgehead atoms. The third-order valence-electron chi connectivity index (χ3n) is 3.47. The summed E-state index contributed by atoms with van der Waals surface area (Å²) in [6.45, 7) is 0. The largest absolute Gasteiger partial charge is 0.465 e. The first-order chi connectivity index (χ1) is 12.7. The molecule has 0 aliphatic rings. The molecule has 132 valence electrons. The minimum absolute atomic E-state index is 0.0965. The smallest absolute Gasteiger partial charge is 0.337 e. The van der Waals surface area contributed by atoms with Crippen LogP contribution in [0.15, 0.2) is 64.9 Å². The Labute approximate surface area is 159 Å². The number of carbonyl (C=O) groups excluding carboxylic acids is 2. The van der Waals surface area contributed by atoms with Crippen LogP contribution < -0.4 is 5.32 Å². The lowest BCUT2D eigenvalue weighted by atomic mass is 10.1. The number of esters is 1. The lowest BCUT2D eigenvalue weighted by molar-refractivity contribution is -0.113. The fraction of sp³-hybridized carbons (Fsp3) is 0.105. The SMILES string of the molecule is COC(=O)c1ccc(-c2csc(NC(=O)CSc3ccccc3)n2)cc1. The van der Waals surface area contributed by atoms with Crippen LogP contribution in [0.2, 0.25) is 0 Å². The van der Waals surface area contributed by atoms with Crippen molar-refractivity contribution in [3.05, 3.63) is 65.5 Å². The van der Waals surface area contributed by atoms with Crippen LogP contribution in [-0.4, -0.2) is 29.7 Å². The van der Waals surface area contributed by atoms with E-state index in [0.29, 0.717) is 16.4 Å². The molecule has 1 aromatic heterocycles. The molecule has 1 amide bonds. The summed E-state index contributed by atoms with van der Waals surface area (Å²) in [6.07, 6.45) is 0. The number of hydrogen-bond acceptors (Lipinski definition) is 6. The summed E-state index contributed by atoms with van der Waals surface area (Å²) < 4.78 is 4.68. The lowest BCUT2D eigenvalue weighted by Gasteiger charge is -2.02. The maximum Gasteiger partial charge on any atom is 0.337 e. The van der Waals surface area contributed by atoms with E-state index in [9.17, 15) is 9.59 Å². The van der Waals surface area contributed by atoms with Gasteiger partial charge in [-0.2, -0.15) is 0 Å². The minimum atomic E-state index is -0.376. The van der Waals surface area contributed by atoms with Gasteiger partial charge in [0.1, 0.15) is 0 Å².